The lowest BCUT2D eigenvalue weighted by molar-refractivity contribution is -0.108. The van der Waals surface area contributed by atoms with E-state index in [4.69, 9.17) is 5.26 Å². The van der Waals surface area contributed by atoms with Crippen LogP contribution in [0.3, 0.4) is 0 Å². The van der Waals surface area contributed by atoms with Gasteiger partial charge in [-0.05, 0) is 31.5 Å². The van der Waals surface area contributed by atoms with Crippen molar-refractivity contribution in [1.29, 1.82) is 5.26 Å². The number of nitriles is 1. The Morgan fingerprint density at radius 3 is 2.40 bits per heavy atom. The van der Waals surface area contributed by atoms with Crippen molar-refractivity contribution in [2.45, 2.75) is 26.3 Å². The number of carbonyl (C=O) groups is 1. The predicted molar refractivity (Wildman–Crippen MR) is 74.1 cm³/mol. The minimum atomic E-state index is -1.20. The molecule has 0 aliphatic carbocycles. The number of carbonyl (C=O) groups excluding carboxylic acids is 1. The number of anilines is 1. The predicted octanol–water partition coefficient (Wildman–Crippen LogP) is 2.44. The van der Waals surface area contributed by atoms with Gasteiger partial charge < -0.3 is 15.8 Å². The largest absolute Gasteiger partial charge is 0.373 e. The Kier molecular flexibility index (Phi) is 8.09. The third kappa shape index (κ3) is 4.94. The standard InChI is InChI=1S/C13H14F2N2O.CH5N/c1-8(2)5-10(7-18)17-11-4-3-9(6-16)12(14)13(11)15;1-2/h3-4,7-8,10,17H,5H2,1-2H3;2H2,1H3/t10-;/m1./s1. The molecule has 1 atom stereocenters. The molecule has 1 aromatic rings. The van der Waals surface area contributed by atoms with Gasteiger partial charge in [0.15, 0.2) is 11.6 Å². The van der Waals surface area contributed by atoms with Crippen LogP contribution in [0, 0.1) is 28.9 Å². The van der Waals surface area contributed by atoms with Crippen molar-refractivity contribution in [3.05, 3.63) is 29.3 Å². The normalized spacial score (nSPS) is 11.1. The molecule has 0 aliphatic heterocycles. The summed E-state index contributed by atoms with van der Waals surface area (Å²) in [7, 11) is 1.50. The summed E-state index contributed by atoms with van der Waals surface area (Å²) >= 11 is 0. The Labute approximate surface area is 117 Å². The van der Waals surface area contributed by atoms with E-state index in [-0.39, 0.29) is 17.2 Å². The molecule has 0 saturated heterocycles. The van der Waals surface area contributed by atoms with Crippen LogP contribution in [0.2, 0.25) is 0 Å². The second-order valence-electron chi connectivity index (χ2n) is 4.42. The first-order valence-corrected chi connectivity index (χ1v) is 6.17. The molecule has 0 fully saturated rings. The van der Waals surface area contributed by atoms with Gasteiger partial charge in [0.25, 0.3) is 0 Å². The number of benzene rings is 1. The van der Waals surface area contributed by atoms with Crippen LogP contribution in [-0.2, 0) is 4.79 Å². The fourth-order valence-corrected chi connectivity index (χ4v) is 1.60. The van der Waals surface area contributed by atoms with Crippen molar-refractivity contribution in [3.63, 3.8) is 0 Å². The van der Waals surface area contributed by atoms with Gasteiger partial charge in [-0.3, -0.25) is 0 Å². The average molecular weight is 283 g/mol. The summed E-state index contributed by atoms with van der Waals surface area (Å²) in [5.41, 5.74) is 4.04. The highest BCUT2D eigenvalue weighted by Crippen LogP contribution is 2.21. The third-order valence-corrected chi connectivity index (χ3v) is 2.43. The quantitative estimate of drug-likeness (QED) is 0.813. The summed E-state index contributed by atoms with van der Waals surface area (Å²) in [4.78, 5) is 10.8. The van der Waals surface area contributed by atoms with Crippen LogP contribution in [-0.4, -0.2) is 19.4 Å². The van der Waals surface area contributed by atoms with E-state index < -0.39 is 17.7 Å². The van der Waals surface area contributed by atoms with Crippen molar-refractivity contribution < 1.29 is 13.6 Å². The van der Waals surface area contributed by atoms with E-state index in [1.807, 2.05) is 13.8 Å². The lowest BCUT2D eigenvalue weighted by atomic mass is 10.0. The maximum absolute atomic E-state index is 13.6. The smallest absolute Gasteiger partial charge is 0.183 e. The molecule has 0 aromatic heterocycles. The Morgan fingerprint density at radius 1 is 1.35 bits per heavy atom. The van der Waals surface area contributed by atoms with Crippen LogP contribution in [0.25, 0.3) is 0 Å². The molecule has 1 aromatic carbocycles. The highest BCUT2D eigenvalue weighted by atomic mass is 19.2. The van der Waals surface area contributed by atoms with Crippen molar-refractivity contribution in [1.82, 2.24) is 0 Å². The Morgan fingerprint density at radius 2 is 1.95 bits per heavy atom. The summed E-state index contributed by atoms with van der Waals surface area (Å²) in [6.45, 7) is 3.85. The lowest BCUT2D eigenvalue weighted by Crippen LogP contribution is -2.23. The van der Waals surface area contributed by atoms with Crippen LogP contribution in [0.1, 0.15) is 25.8 Å². The first-order chi connectivity index (χ1) is 9.49. The molecular weight excluding hydrogens is 264 g/mol. The first kappa shape index (κ1) is 18.0. The molecule has 0 spiro atoms. The fourth-order valence-electron chi connectivity index (χ4n) is 1.60. The number of nitrogens with zero attached hydrogens (tertiary/aromatic N) is 1. The molecule has 4 nitrogen and oxygen atoms in total. The summed E-state index contributed by atoms with van der Waals surface area (Å²) in [6, 6.07) is 3.41. The van der Waals surface area contributed by atoms with Crippen LogP contribution in [0.5, 0.6) is 0 Å². The van der Waals surface area contributed by atoms with Gasteiger partial charge in [-0.1, -0.05) is 13.8 Å². The second-order valence-corrected chi connectivity index (χ2v) is 4.42. The zero-order valence-corrected chi connectivity index (χ0v) is 11.8. The van der Waals surface area contributed by atoms with E-state index >= 15 is 0 Å². The van der Waals surface area contributed by atoms with Crippen molar-refractivity contribution in [2.75, 3.05) is 12.4 Å². The van der Waals surface area contributed by atoms with Gasteiger partial charge in [0.1, 0.15) is 12.4 Å². The van der Waals surface area contributed by atoms with E-state index in [0.717, 1.165) is 0 Å². The molecule has 0 aliphatic rings. The Balaban J connectivity index is 0.00000172. The average Bonchev–Trinajstić information content (AvgIpc) is 2.45. The van der Waals surface area contributed by atoms with Crippen molar-refractivity contribution in [3.8, 4) is 6.07 Å². The molecule has 0 bridgehead atoms. The van der Waals surface area contributed by atoms with Gasteiger partial charge in [-0.25, -0.2) is 8.78 Å². The van der Waals surface area contributed by atoms with Gasteiger partial charge in [0, 0.05) is 0 Å². The second kappa shape index (κ2) is 8.99. The Bertz CT molecular complexity index is 484. The third-order valence-electron chi connectivity index (χ3n) is 2.43. The molecular formula is C14H19F2N3O. The Hall–Kier alpha value is -2.00. The van der Waals surface area contributed by atoms with Gasteiger partial charge in [0.05, 0.1) is 17.3 Å². The molecule has 110 valence electrons. The highest BCUT2D eigenvalue weighted by molar-refractivity contribution is 5.65. The van der Waals surface area contributed by atoms with Crippen LogP contribution >= 0.6 is 0 Å². The van der Waals surface area contributed by atoms with Crippen LogP contribution in [0.15, 0.2) is 12.1 Å². The first-order valence-electron chi connectivity index (χ1n) is 6.17. The van der Waals surface area contributed by atoms with Crippen molar-refractivity contribution in [2.24, 2.45) is 11.7 Å². The SMILES string of the molecule is CC(C)C[C@H](C=O)Nc1ccc(C#N)c(F)c1F.CN. The number of hydrogen-bond acceptors (Lipinski definition) is 4. The topological polar surface area (TPSA) is 78.9 Å². The molecule has 0 saturated carbocycles. The van der Waals surface area contributed by atoms with Gasteiger partial charge in [0.2, 0.25) is 0 Å². The van der Waals surface area contributed by atoms with E-state index in [2.05, 4.69) is 11.1 Å². The number of nitrogens with two attached hydrogens (primary N) is 1. The molecule has 0 amide bonds. The monoisotopic (exact) mass is 283 g/mol. The van der Waals surface area contributed by atoms with Crippen molar-refractivity contribution >= 4 is 12.0 Å². The van der Waals surface area contributed by atoms with E-state index in [9.17, 15) is 13.6 Å². The number of nitrogens with one attached hydrogen (secondary N) is 1. The lowest BCUT2D eigenvalue weighted by Gasteiger charge is -2.16. The highest BCUT2D eigenvalue weighted by Gasteiger charge is 2.16. The summed E-state index contributed by atoms with van der Waals surface area (Å²) < 4.78 is 26.9. The number of halogens is 2. The molecule has 3 N–H and O–H groups in total. The minimum absolute atomic E-state index is 0.107. The minimum Gasteiger partial charge on any atom is -0.373 e. The van der Waals surface area contributed by atoms with Crippen LogP contribution in [0.4, 0.5) is 14.5 Å². The summed E-state index contributed by atoms with van der Waals surface area (Å²) in [5.74, 6) is -2.08. The molecule has 0 radical (unpaired) electrons. The van der Waals surface area contributed by atoms with Gasteiger partial charge in [-0.2, -0.15) is 5.26 Å². The maximum atomic E-state index is 13.6. The number of hydrogen-bond donors (Lipinski definition) is 2. The number of rotatable bonds is 5. The molecule has 6 heteroatoms. The molecule has 1 rings (SSSR count). The summed E-state index contributed by atoms with van der Waals surface area (Å²) in [5, 5.41) is 11.2. The van der Waals surface area contributed by atoms with E-state index in [1.165, 1.54) is 19.2 Å². The van der Waals surface area contributed by atoms with Crippen LogP contribution < -0.4 is 11.1 Å². The maximum Gasteiger partial charge on any atom is 0.183 e. The number of aldehydes is 1. The molecule has 0 heterocycles. The van der Waals surface area contributed by atoms with Gasteiger partial charge in [-0.15, -0.1) is 0 Å². The van der Waals surface area contributed by atoms with E-state index in [0.29, 0.717) is 12.7 Å². The van der Waals surface area contributed by atoms with E-state index in [1.54, 1.807) is 6.07 Å². The summed E-state index contributed by atoms with van der Waals surface area (Å²) in [6.07, 6.45) is 1.18. The fraction of sp³-hybridized carbons (Fsp3) is 0.429. The molecule has 20 heavy (non-hydrogen) atoms. The molecule has 0 unspecified atom stereocenters. The zero-order valence-electron chi connectivity index (χ0n) is 11.8. The zero-order chi connectivity index (χ0) is 15.7. The van der Waals surface area contributed by atoms with Gasteiger partial charge >= 0.3 is 0 Å².